The molecule has 25 heavy (non-hydrogen) atoms. The number of nitrogens with zero attached hydrogens (tertiary/aromatic N) is 2. The van der Waals surface area contributed by atoms with Gasteiger partial charge in [-0.3, -0.25) is 67.6 Å². The van der Waals surface area contributed by atoms with Gasteiger partial charge < -0.3 is 25.3 Å². The normalized spacial score (nSPS) is 4.88. The van der Waals surface area contributed by atoms with E-state index < -0.39 is 0 Å². The summed E-state index contributed by atoms with van der Waals surface area (Å²) in [6.45, 7) is 0. The molecular formula is C8H36CoN14S2. The fourth-order valence-electron chi connectivity index (χ4n) is 0. The van der Waals surface area contributed by atoms with Gasteiger partial charge in [0.05, 0.1) is 0 Å². The minimum Gasteiger partial charge on any atom is -0.696 e. The molecule has 17 heteroatoms. The van der Waals surface area contributed by atoms with Crippen molar-refractivity contribution in [1.29, 1.82) is 10.5 Å². The predicted octanol–water partition coefficient (Wildman–Crippen LogP) is -5.50. The molecule has 0 amide bonds. The van der Waals surface area contributed by atoms with E-state index in [4.69, 9.17) is 10.5 Å². The van der Waals surface area contributed by atoms with Crippen LogP contribution in [-0.2, 0) is 42.0 Å². The number of nitrogens with one attached hydrogen (secondary N) is 6. The monoisotopic (exact) mass is 451 g/mol. The Morgan fingerprint density at radius 1 is 0.520 bits per heavy atom. The first-order valence-corrected chi connectivity index (χ1v) is 6.40. The molecule has 159 valence electrons. The zero-order valence-electron chi connectivity index (χ0n) is 15.5. The van der Waals surface area contributed by atoms with Crippen LogP contribution in [0, 0.1) is 21.3 Å². The molecular weight excluding hydrogens is 415 g/mol. The van der Waals surface area contributed by atoms with Crippen molar-refractivity contribution >= 4 is 25.3 Å². The summed E-state index contributed by atoms with van der Waals surface area (Å²) in [6, 6.07) is 0. The molecule has 0 unspecified atom stereocenters. The van der Waals surface area contributed by atoms with Crippen molar-refractivity contribution in [1.82, 2.24) is 32.6 Å². The van der Waals surface area contributed by atoms with Gasteiger partial charge in [-0.25, -0.2) is 10.5 Å². The molecule has 1 radical (unpaired) electrons. The van der Waals surface area contributed by atoms with Gasteiger partial charge in [-0.1, -0.05) is 10.8 Å². The molecule has 18 N–H and O–H groups in total. The van der Waals surface area contributed by atoms with Gasteiger partial charge >= 0.3 is 16.8 Å². The third-order valence-corrected chi connectivity index (χ3v) is 0. The SMILES string of the molecule is CNN.CNN.CNN.CNN.CNN.CNN.N#C[S-].N#C[S-].[Co+2]. The third kappa shape index (κ3) is 35200. The van der Waals surface area contributed by atoms with Crippen LogP contribution >= 0.6 is 0 Å². The van der Waals surface area contributed by atoms with E-state index in [1.807, 2.05) is 0 Å². The Kier molecular flexibility index (Phi) is 480. The zero-order valence-corrected chi connectivity index (χ0v) is 18.2. The van der Waals surface area contributed by atoms with Gasteiger partial charge in [-0.15, -0.1) is 0 Å². The molecule has 0 bridgehead atoms. The van der Waals surface area contributed by atoms with Crippen LogP contribution in [0.25, 0.3) is 0 Å². The Balaban J connectivity index is -0.0000000166. The summed E-state index contributed by atoms with van der Waals surface area (Å²) in [5.41, 5.74) is 13.5. The number of rotatable bonds is 0. The van der Waals surface area contributed by atoms with Crippen LogP contribution in [0.15, 0.2) is 0 Å². The first-order valence-electron chi connectivity index (χ1n) is 5.59. The fourth-order valence-corrected chi connectivity index (χ4v) is 0. The quantitative estimate of drug-likeness (QED) is 0.0707. The minimum atomic E-state index is 0. The molecule has 0 aliphatic rings. The Hall–Kier alpha value is -0.554. The summed E-state index contributed by atoms with van der Waals surface area (Å²) in [5, 5.41) is 16.9. The Morgan fingerprint density at radius 2 is 0.520 bits per heavy atom. The standard InChI is InChI=1S/6CH6N2.2CHNS.Co/c6*1-3-2;2*2-1-3;/h6*3H,2H2,1H3;2*3H;/q;;;;;;;;+2/p-2. The van der Waals surface area contributed by atoms with Gasteiger partial charge in [0.15, 0.2) is 0 Å². The molecule has 0 aromatic heterocycles. The molecule has 0 saturated carbocycles. The van der Waals surface area contributed by atoms with Crippen LogP contribution in [0.5, 0.6) is 0 Å². The van der Waals surface area contributed by atoms with Gasteiger partial charge in [0.1, 0.15) is 0 Å². The molecule has 14 nitrogen and oxygen atoms in total. The summed E-state index contributed by atoms with van der Waals surface area (Å²) in [7, 11) is 9.92. The van der Waals surface area contributed by atoms with Gasteiger partial charge in [0.2, 0.25) is 0 Å². The van der Waals surface area contributed by atoms with Gasteiger partial charge in [-0.2, -0.15) is 0 Å². The van der Waals surface area contributed by atoms with Crippen LogP contribution in [0.2, 0.25) is 0 Å². The van der Waals surface area contributed by atoms with Crippen LogP contribution in [-0.4, -0.2) is 42.3 Å². The summed E-state index contributed by atoms with van der Waals surface area (Å²) < 4.78 is 0. The number of hydrogen-bond acceptors (Lipinski definition) is 16. The van der Waals surface area contributed by atoms with Crippen molar-refractivity contribution in [2.24, 2.45) is 35.1 Å². The van der Waals surface area contributed by atoms with Crippen molar-refractivity contribution in [2.75, 3.05) is 42.3 Å². The minimum absolute atomic E-state index is 0. The number of nitrogens with two attached hydrogens (primary N) is 6. The predicted molar refractivity (Wildman–Crippen MR) is 105 cm³/mol. The molecule has 0 rings (SSSR count). The van der Waals surface area contributed by atoms with E-state index in [9.17, 15) is 0 Å². The van der Waals surface area contributed by atoms with Crippen molar-refractivity contribution in [2.45, 2.75) is 0 Å². The average Bonchev–Trinajstić information content (AvgIpc) is 2.45. The van der Waals surface area contributed by atoms with Gasteiger partial charge in [0, 0.05) is 0 Å². The number of nitriles is 2. The van der Waals surface area contributed by atoms with Crippen LogP contribution in [0.3, 0.4) is 0 Å². The number of hydrazine groups is 6. The van der Waals surface area contributed by atoms with E-state index in [1.165, 1.54) is 10.8 Å². The maximum Gasteiger partial charge on any atom is 2.00 e. The van der Waals surface area contributed by atoms with Crippen LogP contribution in [0.1, 0.15) is 0 Å². The fraction of sp³-hybridized carbons (Fsp3) is 0.750. The molecule has 0 atom stereocenters. The first-order chi connectivity index (χ1) is 11.3. The van der Waals surface area contributed by atoms with Crippen molar-refractivity contribution < 1.29 is 16.8 Å². The van der Waals surface area contributed by atoms with E-state index in [-0.39, 0.29) is 16.8 Å². The van der Waals surface area contributed by atoms with Crippen LogP contribution < -0.4 is 67.6 Å². The van der Waals surface area contributed by atoms with Gasteiger partial charge in [0.25, 0.3) is 0 Å². The topological polar surface area (TPSA) is 276 Å². The van der Waals surface area contributed by atoms with Crippen molar-refractivity contribution in [3.8, 4) is 10.8 Å². The Labute approximate surface area is 173 Å². The number of hydrogen-bond donors (Lipinski definition) is 12. The van der Waals surface area contributed by atoms with Crippen molar-refractivity contribution in [3.05, 3.63) is 0 Å². The largest absolute Gasteiger partial charge is 2.00 e. The summed E-state index contributed by atoms with van der Waals surface area (Å²) >= 11 is 7.40. The van der Waals surface area contributed by atoms with Crippen LogP contribution in [0.4, 0.5) is 0 Å². The second kappa shape index (κ2) is 213. The second-order valence-corrected chi connectivity index (χ2v) is 2.28. The molecule has 0 aliphatic heterocycles. The van der Waals surface area contributed by atoms with Crippen molar-refractivity contribution in [3.63, 3.8) is 0 Å². The molecule has 0 aliphatic carbocycles. The smallest absolute Gasteiger partial charge is 0.696 e. The maximum atomic E-state index is 7.13. The number of thiocyanates is 2. The van der Waals surface area contributed by atoms with E-state index >= 15 is 0 Å². The third-order valence-electron chi connectivity index (χ3n) is 0. The summed E-state index contributed by atoms with van der Waals surface area (Å²) in [4.78, 5) is 0. The summed E-state index contributed by atoms with van der Waals surface area (Å²) in [6.07, 6.45) is 0. The maximum absolute atomic E-state index is 7.13. The molecule has 0 saturated heterocycles. The van der Waals surface area contributed by atoms with E-state index in [2.05, 4.69) is 92.9 Å². The Bertz CT molecular complexity index is 140. The zero-order chi connectivity index (χ0) is 21.7. The molecule has 0 fully saturated rings. The van der Waals surface area contributed by atoms with E-state index in [0.717, 1.165) is 0 Å². The average molecular weight is 452 g/mol. The second-order valence-electron chi connectivity index (χ2n) is 1.91. The summed E-state index contributed by atoms with van der Waals surface area (Å²) in [5.74, 6) is 27.6. The van der Waals surface area contributed by atoms with E-state index in [1.54, 1.807) is 42.3 Å². The molecule has 0 spiro atoms. The first kappa shape index (κ1) is 56.3. The molecule has 0 heterocycles. The molecule has 0 aromatic carbocycles. The van der Waals surface area contributed by atoms with E-state index in [0.29, 0.717) is 0 Å². The van der Waals surface area contributed by atoms with Gasteiger partial charge in [-0.05, 0) is 42.3 Å². The molecule has 0 aromatic rings. The Morgan fingerprint density at radius 3 is 0.520 bits per heavy atom.